The van der Waals surface area contributed by atoms with Crippen LogP contribution >= 0.6 is 0 Å². The first-order valence-electron chi connectivity index (χ1n) is 7.65. The minimum Gasteiger partial charge on any atom is -0.314 e. The van der Waals surface area contributed by atoms with E-state index in [2.05, 4.69) is 10.3 Å². The number of hydrogen-bond acceptors (Lipinski definition) is 4. The highest BCUT2D eigenvalue weighted by Gasteiger charge is 2.21. The Morgan fingerprint density at radius 1 is 1.38 bits per heavy atom. The van der Waals surface area contributed by atoms with Crippen molar-refractivity contribution in [3.63, 3.8) is 0 Å². The Balaban J connectivity index is 1.78. The topological polar surface area (TPSA) is 62.3 Å². The lowest BCUT2D eigenvalue weighted by atomic mass is 10.0. The first kappa shape index (κ1) is 16.4. The van der Waals surface area contributed by atoms with Gasteiger partial charge >= 0.3 is 0 Å². The molecule has 0 aromatic carbocycles. The number of nitrogens with one attached hydrogen (secondary N) is 1. The molecule has 0 radical (unpaired) electrons. The third kappa shape index (κ3) is 5.37. The number of pyridine rings is 1. The SMILES string of the molecule is CN(CCc1ccccn1)S(=O)(=O)CCC1CCCCN1. The summed E-state index contributed by atoms with van der Waals surface area (Å²) in [5.74, 6) is 0.226. The van der Waals surface area contributed by atoms with Gasteiger partial charge in [-0.05, 0) is 37.9 Å². The molecule has 1 aliphatic rings. The number of nitrogens with zero attached hydrogens (tertiary/aromatic N) is 2. The molecule has 1 saturated heterocycles. The molecule has 1 atom stereocenters. The summed E-state index contributed by atoms with van der Waals surface area (Å²) < 4.78 is 26.0. The maximum absolute atomic E-state index is 12.3. The van der Waals surface area contributed by atoms with Gasteiger partial charge in [0.15, 0.2) is 0 Å². The van der Waals surface area contributed by atoms with Crippen molar-refractivity contribution in [1.29, 1.82) is 0 Å². The molecular weight excluding hydrogens is 286 g/mol. The molecule has 1 N–H and O–H groups in total. The van der Waals surface area contributed by atoms with E-state index in [-0.39, 0.29) is 5.75 Å². The summed E-state index contributed by atoms with van der Waals surface area (Å²) in [6, 6.07) is 6.07. The van der Waals surface area contributed by atoms with Crippen molar-refractivity contribution in [3.05, 3.63) is 30.1 Å². The van der Waals surface area contributed by atoms with Gasteiger partial charge in [-0.1, -0.05) is 12.5 Å². The van der Waals surface area contributed by atoms with Gasteiger partial charge in [-0.15, -0.1) is 0 Å². The molecule has 1 aromatic heterocycles. The quantitative estimate of drug-likeness (QED) is 0.827. The van der Waals surface area contributed by atoms with Gasteiger partial charge in [0, 0.05) is 37.9 Å². The second-order valence-corrected chi connectivity index (χ2v) is 7.84. The Morgan fingerprint density at radius 3 is 2.90 bits per heavy atom. The molecule has 0 bridgehead atoms. The van der Waals surface area contributed by atoms with Crippen molar-refractivity contribution in [2.75, 3.05) is 25.9 Å². The summed E-state index contributed by atoms with van der Waals surface area (Å²) in [5.41, 5.74) is 0.925. The van der Waals surface area contributed by atoms with E-state index in [1.165, 1.54) is 17.1 Å². The summed E-state index contributed by atoms with van der Waals surface area (Å²) in [6.45, 7) is 1.50. The van der Waals surface area contributed by atoms with Gasteiger partial charge < -0.3 is 5.32 Å². The third-order valence-corrected chi connectivity index (χ3v) is 5.90. The van der Waals surface area contributed by atoms with Gasteiger partial charge in [-0.2, -0.15) is 0 Å². The molecule has 1 aromatic rings. The summed E-state index contributed by atoms with van der Waals surface area (Å²) in [4.78, 5) is 4.22. The van der Waals surface area contributed by atoms with E-state index >= 15 is 0 Å². The summed E-state index contributed by atoms with van der Waals surface area (Å²) in [7, 11) is -1.50. The number of rotatable bonds is 7. The fourth-order valence-electron chi connectivity index (χ4n) is 2.57. The van der Waals surface area contributed by atoms with E-state index in [1.54, 1.807) is 13.2 Å². The van der Waals surface area contributed by atoms with Crippen LogP contribution in [-0.2, 0) is 16.4 Å². The summed E-state index contributed by atoms with van der Waals surface area (Å²) >= 11 is 0. The van der Waals surface area contributed by atoms with Gasteiger partial charge in [-0.25, -0.2) is 12.7 Å². The Labute approximate surface area is 127 Å². The van der Waals surface area contributed by atoms with Crippen molar-refractivity contribution < 1.29 is 8.42 Å². The maximum atomic E-state index is 12.3. The molecule has 1 fully saturated rings. The van der Waals surface area contributed by atoms with Crippen LogP contribution in [0.25, 0.3) is 0 Å². The number of piperidine rings is 1. The molecule has 5 nitrogen and oxygen atoms in total. The highest BCUT2D eigenvalue weighted by Crippen LogP contribution is 2.12. The second-order valence-electron chi connectivity index (χ2n) is 5.64. The highest BCUT2D eigenvalue weighted by atomic mass is 32.2. The van der Waals surface area contributed by atoms with Crippen LogP contribution in [0.4, 0.5) is 0 Å². The third-order valence-electron chi connectivity index (χ3n) is 4.02. The number of hydrogen-bond donors (Lipinski definition) is 1. The fraction of sp³-hybridized carbons (Fsp3) is 0.667. The standard InChI is InChI=1S/C15H25N3O2S/c1-18(12-8-14-6-2-4-10-16-14)21(19,20)13-9-15-7-3-5-11-17-15/h2,4,6,10,15,17H,3,5,7-9,11-13H2,1H3. The Bertz CT molecular complexity index is 513. The van der Waals surface area contributed by atoms with E-state index < -0.39 is 10.0 Å². The van der Waals surface area contributed by atoms with Gasteiger partial charge in [0.2, 0.25) is 10.0 Å². The lowest BCUT2D eigenvalue weighted by molar-refractivity contribution is 0.388. The average molecular weight is 311 g/mol. The van der Waals surface area contributed by atoms with Crippen LogP contribution < -0.4 is 5.32 Å². The molecule has 118 valence electrons. The molecule has 1 unspecified atom stereocenters. The second kappa shape index (κ2) is 7.87. The van der Waals surface area contributed by atoms with Crippen LogP contribution in [0, 0.1) is 0 Å². The molecule has 21 heavy (non-hydrogen) atoms. The van der Waals surface area contributed by atoms with Crippen molar-refractivity contribution >= 4 is 10.0 Å². The van der Waals surface area contributed by atoms with Gasteiger partial charge in [-0.3, -0.25) is 4.98 Å². The van der Waals surface area contributed by atoms with Crippen LogP contribution in [0.15, 0.2) is 24.4 Å². The van der Waals surface area contributed by atoms with Crippen LogP contribution in [0.2, 0.25) is 0 Å². The first-order chi connectivity index (χ1) is 10.1. The van der Waals surface area contributed by atoms with Crippen molar-refractivity contribution in [1.82, 2.24) is 14.6 Å². The minimum atomic E-state index is -3.16. The molecule has 2 heterocycles. The summed E-state index contributed by atoms with van der Waals surface area (Å²) in [6.07, 6.45) is 6.58. The fourth-order valence-corrected chi connectivity index (χ4v) is 3.84. The Kier molecular flexibility index (Phi) is 6.14. The largest absolute Gasteiger partial charge is 0.314 e. The molecule has 0 aliphatic carbocycles. The predicted molar refractivity (Wildman–Crippen MR) is 84.6 cm³/mol. The zero-order valence-corrected chi connectivity index (χ0v) is 13.5. The van der Waals surface area contributed by atoms with E-state index in [9.17, 15) is 8.42 Å². The van der Waals surface area contributed by atoms with Crippen molar-refractivity contribution in [3.8, 4) is 0 Å². The minimum absolute atomic E-state index is 0.226. The van der Waals surface area contributed by atoms with E-state index in [1.807, 2.05) is 18.2 Å². The summed E-state index contributed by atoms with van der Waals surface area (Å²) in [5, 5.41) is 3.40. The molecule has 0 amide bonds. The highest BCUT2D eigenvalue weighted by molar-refractivity contribution is 7.89. The zero-order valence-electron chi connectivity index (χ0n) is 12.7. The normalized spacial score (nSPS) is 19.8. The Hall–Kier alpha value is -0.980. The lowest BCUT2D eigenvalue weighted by Crippen LogP contribution is -2.38. The average Bonchev–Trinajstić information content (AvgIpc) is 2.52. The maximum Gasteiger partial charge on any atom is 0.213 e. The van der Waals surface area contributed by atoms with Gasteiger partial charge in [0.1, 0.15) is 0 Å². The van der Waals surface area contributed by atoms with Crippen LogP contribution in [0.5, 0.6) is 0 Å². The van der Waals surface area contributed by atoms with E-state index in [0.29, 0.717) is 25.4 Å². The molecule has 6 heteroatoms. The smallest absolute Gasteiger partial charge is 0.213 e. The van der Waals surface area contributed by atoms with E-state index in [0.717, 1.165) is 18.7 Å². The predicted octanol–water partition coefficient (Wildman–Crippen LogP) is 1.42. The molecule has 2 rings (SSSR count). The van der Waals surface area contributed by atoms with Crippen molar-refractivity contribution in [2.24, 2.45) is 0 Å². The monoisotopic (exact) mass is 311 g/mol. The zero-order chi connectivity index (χ0) is 15.1. The number of likely N-dealkylation sites (N-methyl/N-ethyl adjacent to an activating group) is 1. The van der Waals surface area contributed by atoms with Crippen LogP contribution in [0.3, 0.4) is 0 Å². The van der Waals surface area contributed by atoms with Crippen molar-refractivity contribution in [2.45, 2.75) is 38.1 Å². The lowest BCUT2D eigenvalue weighted by Gasteiger charge is -2.24. The number of aromatic nitrogens is 1. The van der Waals surface area contributed by atoms with Crippen LogP contribution in [-0.4, -0.2) is 49.6 Å². The molecule has 1 aliphatic heterocycles. The number of sulfonamides is 1. The first-order valence-corrected chi connectivity index (χ1v) is 9.26. The van der Waals surface area contributed by atoms with Gasteiger partial charge in [0.25, 0.3) is 0 Å². The Morgan fingerprint density at radius 2 is 2.24 bits per heavy atom. The molecular formula is C15H25N3O2S. The molecule has 0 saturated carbocycles. The molecule has 0 spiro atoms. The van der Waals surface area contributed by atoms with Gasteiger partial charge in [0.05, 0.1) is 5.75 Å². The van der Waals surface area contributed by atoms with E-state index in [4.69, 9.17) is 0 Å². The van der Waals surface area contributed by atoms with Crippen LogP contribution in [0.1, 0.15) is 31.4 Å².